The number of imidazole rings is 2. The number of hydrogen-bond acceptors (Lipinski definition) is 14. The van der Waals surface area contributed by atoms with E-state index in [2.05, 4.69) is 64.8 Å². The molecule has 0 bridgehead atoms. The highest BCUT2D eigenvalue weighted by atomic mass is 15.3. The lowest BCUT2D eigenvalue weighted by atomic mass is 10.1. The fourth-order valence-corrected chi connectivity index (χ4v) is 9.31. The predicted molar refractivity (Wildman–Crippen MR) is 274 cm³/mol. The minimum Gasteiger partial charge on any atom is -0.378 e. The average Bonchev–Trinajstić information content (AvgIpc) is 4.26. The summed E-state index contributed by atoms with van der Waals surface area (Å²) >= 11 is 0. The lowest BCUT2D eigenvalue weighted by molar-refractivity contribution is 0.311. The summed E-state index contributed by atoms with van der Waals surface area (Å²) in [6.45, 7) is 8.72. The van der Waals surface area contributed by atoms with E-state index in [0.717, 1.165) is 110 Å². The number of benzene rings is 2. The summed E-state index contributed by atoms with van der Waals surface area (Å²) < 4.78 is 3.52. The second-order valence-corrected chi connectivity index (χ2v) is 18.2. The lowest BCUT2D eigenvalue weighted by Crippen LogP contribution is -2.19. The van der Waals surface area contributed by atoms with Crippen molar-refractivity contribution in [3.05, 3.63) is 167 Å². The van der Waals surface area contributed by atoms with E-state index in [4.69, 9.17) is 30.0 Å². The minimum atomic E-state index is 0.374. The van der Waals surface area contributed by atoms with Crippen molar-refractivity contribution in [2.24, 2.45) is 0 Å². The molecule has 356 valence electrons. The van der Waals surface area contributed by atoms with Crippen LogP contribution in [0.25, 0.3) is 56.6 Å². The molecule has 2 aromatic carbocycles. The smallest absolute Gasteiger partial charge is 0.165 e. The van der Waals surface area contributed by atoms with Crippen LogP contribution in [0.5, 0.6) is 0 Å². The summed E-state index contributed by atoms with van der Waals surface area (Å²) in [4.78, 5) is 40.6. The molecule has 0 aliphatic carbocycles. The van der Waals surface area contributed by atoms with Crippen LogP contribution >= 0.6 is 0 Å². The molecule has 1 aliphatic heterocycles. The van der Waals surface area contributed by atoms with Crippen LogP contribution in [0, 0.1) is 36.5 Å². The topological polar surface area (TPSA) is 222 Å². The molecule has 0 atom stereocenters. The lowest BCUT2D eigenvalue weighted by Gasteiger charge is -2.18. The standard InChI is InChI=1S/C54H50N18/c1-34-8-6-10-43(61-34)53-51(40-14-16-49-59-33-60-71(49)30-40)64-46(66-53)26-57-42-21-37(25-56)20-38(22-42)28-69(3)32-48-63-50-17-15-41(31-72(50)68-48)52-54(44-11-7-9-35(2)62-44)67-47(65-52)27-58-45-23-36(24-55)12-13-39(45)29-70-18-4-5-19-70/h6-17,20-23,30-31,33,57-58H,4-5,18-19,26-29,32H2,1-3H3,(H,64,66)(H,65,67). The number of hydrogen-bond donors (Lipinski definition) is 4. The molecule has 0 unspecified atom stereocenters. The van der Waals surface area contributed by atoms with E-state index >= 15 is 0 Å². The van der Waals surface area contributed by atoms with Crippen LogP contribution in [0.1, 0.15) is 64.0 Å². The normalized spacial score (nSPS) is 12.8. The van der Waals surface area contributed by atoms with Crippen molar-refractivity contribution >= 4 is 22.7 Å². The van der Waals surface area contributed by atoms with Gasteiger partial charge in [-0.05, 0) is 137 Å². The largest absolute Gasteiger partial charge is 0.378 e. The number of nitriles is 2. The van der Waals surface area contributed by atoms with E-state index in [1.807, 2.05) is 118 Å². The molecule has 11 rings (SSSR count). The molecule has 72 heavy (non-hydrogen) atoms. The van der Waals surface area contributed by atoms with Gasteiger partial charge in [-0.3, -0.25) is 19.8 Å². The third-order valence-electron chi connectivity index (χ3n) is 12.7. The third kappa shape index (κ3) is 9.86. The maximum Gasteiger partial charge on any atom is 0.165 e. The maximum atomic E-state index is 10.1. The first-order valence-corrected chi connectivity index (χ1v) is 23.9. The second kappa shape index (κ2) is 19.7. The van der Waals surface area contributed by atoms with Gasteiger partial charge in [0.15, 0.2) is 17.1 Å². The molecule has 1 saturated heterocycles. The average molecular weight is 951 g/mol. The molecule has 1 aliphatic rings. The number of H-pyrrole nitrogens is 2. The number of nitrogens with one attached hydrogen (secondary N) is 4. The highest BCUT2D eigenvalue weighted by Crippen LogP contribution is 2.32. The van der Waals surface area contributed by atoms with Gasteiger partial charge in [0.05, 0.1) is 77.1 Å². The van der Waals surface area contributed by atoms with Crippen LogP contribution in [-0.2, 0) is 32.7 Å². The van der Waals surface area contributed by atoms with E-state index in [-0.39, 0.29) is 0 Å². The number of aromatic amines is 2. The summed E-state index contributed by atoms with van der Waals surface area (Å²) in [5.41, 5.74) is 14.6. The van der Waals surface area contributed by atoms with Gasteiger partial charge in [-0.25, -0.2) is 29.0 Å². The second-order valence-electron chi connectivity index (χ2n) is 18.2. The third-order valence-corrected chi connectivity index (χ3v) is 12.7. The van der Waals surface area contributed by atoms with Crippen molar-refractivity contribution in [2.75, 3.05) is 30.8 Å². The zero-order valence-corrected chi connectivity index (χ0v) is 40.1. The quantitative estimate of drug-likeness (QED) is 0.0714. The summed E-state index contributed by atoms with van der Waals surface area (Å²) in [6, 6.07) is 36.0. The van der Waals surface area contributed by atoms with E-state index in [1.165, 1.54) is 19.2 Å². The van der Waals surface area contributed by atoms with Gasteiger partial charge < -0.3 is 20.6 Å². The van der Waals surface area contributed by atoms with Gasteiger partial charge in [0, 0.05) is 59.4 Å². The number of rotatable bonds is 16. The van der Waals surface area contributed by atoms with E-state index in [9.17, 15) is 10.5 Å². The summed E-state index contributed by atoms with van der Waals surface area (Å²) in [5, 5.41) is 36.1. The van der Waals surface area contributed by atoms with Crippen molar-refractivity contribution < 1.29 is 0 Å². The number of likely N-dealkylation sites (tertiary alicyclic amines) is 1. The first-order chi connectivity index (χ1) is 35.2. The fourth-order valence-electron chi connectivity index (χ4n) is 9.31. The Morgan fingerprint density at radius 3 is 2.01 bits per heavy atom. The van der Waals surface area contributed by atoms with Crippen molar-refractivity contribution in [3.63, 3.8) is 0 Å². The molecule has 0 radical (unpaired) electrons. The van der Waals surface area contributed by atoms with Gasteiger partial charge in [0.1, 0.15) is 18.0 Å². The maximum absolute atomic E-state index is 10.1. The number of anilines is 2. The van der Waals surface area contributed by atoms with Gasteiger partial charge in [-0.2, -0.15) is 15.6 Å². The Labute approximate surface area is 415 Å². The zero-order valence-electron chi connectivity index (χ0n) is 40.1. The monoisotopic (exact) mass is 950 g/mol. The Hall–Kier alpha value is -9.10. The van der Waals surface area contributed by atoms with E-state index < -0.39 is 0 Å². The first-order valence-electron chi connectivity index (χ1n) is 23.9. The highest BCUT2D eigenvalue weighted by molar-refractivity contribution is 5.78. The zero-order chi connectivity index (χ0) is 49.1. The number of nitrogens with zero attached hydrogens (tertiary/aromatic N) is 14. The summed E-state index contributed by atoms with van der Waals surface area (Å²) in [6.07, 6.45) is 7.81. The predicted octanol–water partition coefficient (Wildman–Crippen LogP) is 8.49. The van der Waals surface area contributed by atoms with Crippen LogP contribution in [0.3, 0.4) is 0 Å². The number of pyridine rings is 4. The number of aromatic nitrogens is 12. The van der Waals surface area contributed by atoms with E-state index in [1.54, 1.807) is 9.03 Å². The van der Waals surface area contributed by atoms with Crippen molar-refractivity contribution in [1.29, 1.82) is 10.5 Å². The SMILES string of the molecule is Cc1cccc(-c2[nH]c(CNc3cc(C#N)cc(CN(C)Cc4nc5ccc(-c6nc(CNc7cc(C#N)ccc7CN7CCCC7)[nH]c6-c6cccc(C)n6)cn5n4)c3)nc2-c2ccc3ncnn3c2)n1. The van der Waals surface area contributed by atoms with Gasteiger partial charge in [-0.1, -0.05) is 18.2 Å². The number of aryl methyl sites for hydroxylation is 2. The molecule has 0 spiro atoms. The highest BCUT2D eigenvalue weighted by Gasteiger charge is 2.21. The van der Waals surface area contributed by atoms with Gasteiger partial charge in [0.2, 0.25) is 0 Å². The molecule has 0 amide bonds. The van der Waals surface area contributed by atoms with Crippen molar-refractivity contribution in [2.45, 2.75) is 59.4 Å². The molecule has 9 heterocycles. The molecule has 4 N–H and O–H groups in total. The molecule has 10 aromatic rings. The van der Waals surface area contributed by atoms with E-state index in [0.29, 0.717) is 54.6 Å². The van der Waals surface area contributed by atoms with Crippen molar-refractivity contribution in [1.82, 2.24) is 68.9 Å². The molecular formula is C54H50N18. The Morgan fingerprint density at radius 1 is 0.667 bits per heavy atom. The van der Waals surface area contributed by atoms with Gasteiger partial charge in [-0.15, -0.1) is 5.10 Å². The van der Waals surface area contributed by atoms with Crippen LogP contribution in [0.4, 0.5) is 11.4 Å². The molecule has 18 heteroatoms. The van der Waals surface area contributed by atoms with Gasteiger partial charge in [0.25, 0.3) is 0 Å². The van der Waals surface area contributed by atoms with Crippen LogP contribution in [0.15, 0.2) is 116 Å². The minimum absolute atomic E-state index is 0.374. The number of fused-ring (bicyclic) bond motifs is 2. The first kappa shape index (κ1) is 45.3. The Kier molecular flexibility index (Phi) is 12.4. The molecule has 1 fully saturated rings. The summed E-state index contributed by atoms with van der Waals surface area (Å²) in [7, 11) is 2.01. The van der Waals surface area contributed by atoms with Crippen LogP contribution in [0.2, 0.25) is 0 Å². The molecule has 0 saturated carbocycles. The molecular weight excluding hydrogens is 901 g/mol. The van der Waals surface area contributed by atoms with Crippen molar-refractivity contribution in [3.8, 4) is 57.4 Å². The van der Waals surface area contributed by atoms with Crippen LogP contribution < -0.4 is 10.6 Å². The molecule has 18 nitrogen and oxygen atoms in total. The fraction of sp³-hybridized carbons (Fsp3) is 0.222. The van der Waals surface area contributed by atoms with Crippen LogP contribution in [-0.4, -0.2) is 89.0 Å². The molecule has 8 aromatic heterocycles. The Morgan fingerprint density at radius 2 is 1.33 bits per heavy atom. The Balaban J connectivity index is 0.799. The summed E-state index contributed by atoms with van der Waals surface area (Å²) in [5.74, 6) is 2.09. The Bertz CT molecular complexity index is 3690. The van der Waals surface area contributed by atoms with Gasteiger partial charge >= 0.3 is 0 Å².